The number of aliphatic hydroxyl groups excluding tert-OH is 1. The Bertz CT molecular complexity index is 545. The third-order valence-corrected chi connectivity index (χ3v) is 4.98. The molecule has 0 saturated carbocycles. The average molecular weight is 296 g/mol. The van der Waals surface area contributed by atoms with E-state index in [-0.39, 0.29) is 18.6 Å². The van der Waals surface area contributed by atoms with Crippen LogP contribution in [0.5, 0.6) is 0 Å². The number of aryl methyl sites for hydroxylation is 1. The summed E-state index contributed by atoms with van der Waals surface area (Å²) in [6, 6.07) is 3.77. The highest BCUT2D eigenvalue weighted by Gasteiger charge is 2.18. The van der Waals surface area contributed by atoms with E-state index in [1.54, 1.807) is 11.3 Å². The van der Waals surface area contributed by atoms with Crippen molar-refractivity contribution in [3.8, 4) is 9.88 Å². The lowest BCUT2D eigenvalue weighted by atomic mass is 10.2. The van der Waals surface area contributed by atoms with Gasteiger partial charge in [0.15, 0.2) is 0 Å². The van der Waals surface area contributed by atoms with Crippen molar-refractivity contribution in [2.45, 2.75) is 26.3 Å². The highest BCUT2D eigenvalue weighted by Crippen LogP contribution is 2.30. The third kappa shape index (κ3) is 3.20. The molecule has 102 valence electrons. The molecule has 0 bridgehead atoms. The number of aliphatic hydroxyl groups is 1. The first kappa shape index (κ1) is 14.2. The largest absolute Gasteiger partial charge is 0.394 e. The maximum Gasteiger partial charge on any atom is 0.263 e. The molecular weight excluding hydrogens is 280 g/mol. The van der Waals surface area contributed by atoms with E-state index in [4.69, 9.17) is 5.11 Å². The van der Waals surface area contributed by atoms with Crippen LogP contribution in [0.2, 0.25) is 0 Å². The van der Waals surface area contributed by atoms with Crippen LogP contribution < -0.4 is 5.32 Å². The summed E-state index contributed by atoms with van der Waals surface area (Å²) in [6.45, 7) is 3.72. The molecule has 1 amide bonds. The molecule has 0 aromatic carbocycles. The standard InChI is InChI=1S/C13H16N2O2S2/c1-3-9(7-16)15-12(17)11-8(2)14-13(19-11)10-5-4-6-18-10/h4-6,9,16H,3,7H2,1-2H3,(H,15,17)/t9-/m0/s1. The van der Waals surface area contributed by atoms with Gasteiger partial charge < -0.3 is 10.4 Å². The highest BCUT2D eigenvalue weighted by atomic mass is 32.1. The van der Waals surface area contributed by atoms with Gasteiger partial charge in [-0.3, -0.25) is 4.79 Å². The van der Waals surface area contributed by atoms with Crippen molar-refractivity contribution in [3.05, 3.63) is 28.1 Å². The van der Waals surface area contributed by atoms with Crippen molar-refractivity contribution in [3.63, 3.8) is 0 Å². The Morgan fingerprint density at radius 1 is 1.58 bits per heavy atom. The van der Waals surface area contributed by atoms with Gasteiger partial charge in [0.2, 0.25) is 0 Å². The molecule has 0 spiro atoms. The lowest BCUT2D eigenvalue weighted by Gasteiger charge is -2.12. The van der Waals surface area contributed by atoms with E-state index in [1.165, 1.54) is 11.3 Å². The predicted molar refractivity (Wildman–Crippen MR) is 78.8 cm³/mol. The second-order valence-corrected chi connectivity index (χ2v) is 6.12. The summed E-state index contributed by atoms with van der Waals surface area (Å²) < 4.78 is 0. The minimum atomic E-state index is -0.195. The van der Waals surface area contributed by atoms with E-state index in [9.17, 15) is 4.79 Å². The number of hydrogen-bond donors (Lipinski definition) is 2. The van der Waals surface area contributed by atoms with Gasteiger partial charge in [0, 0.05) is 0 Å². The molecule has 0 fully saturated rings. The number of thiophene rings is 1. The number of nitrogens with one attached hydrogen (secondary N) is 1. The molecule has 2 N–H and O–H groups in total. The average Bonchev–Trinajstić information content (AvgIpc) is 3.04. The number of amides is 1. The molecule has 19 heavy (non-hydrogen) atoms. The van der Waals surface area contributed by atoms with E-state index < -0.39 is 0 Å². The van der Waals surface area contributed by atoms with Crippen molar-refractivity contribution >= 4 is 28.6 Å². The van der Waals surface area contributed by atoms with Gasteiger partial charge in [-0.25, -0.2) is 4.98 Å². The summed E-state index contributed by atoms with van der Waals surface area (Å²) in [6.07, 6.45) is 0.706. The van der Waals surface area contributed by atoms with Gasteiger partial charge in [0.05, 0.1) is 23.2 Å². The molecule has 0 aliphatic heterocycles. The van der Waals surface area contributed by atoms with Crippen molar-refractivity contribution in [2.24, 2.45) is 0 Å². The Hall–Kier alpha value is -1.24. The molecule has 0 aliphatic carbocycles. The van der Waals surface area contributed by atoms with Crippen molar-refractivity contribution in [1.29, 1.82) is 0 Å². The van der Waals surface area contributed by atoms with Crippen LogP contribution in [0.4, 0.5) is 0 Å². The van der Waals surface area contributed by atoms with Crippen LogP contribution in [0.25, 0.3) is 9.88 Å². The van der Waals surface area contributed by atoms with Crippen LogP contribution in [0.15, 0.2) is 17.5 Å². The molecule has 2 heterocycles. The van der Waals surface area contributed by atoms with Crippen LogP contribution in [0.3, 0.4) is 0 Å². The first-order valence-electron chi connectivity index (χ1n) is 6.08. The first-order valence-corrected chi connectivity index (χ1v) is 7.78. The molecule has 0 saturated heterocycles. The minimum absolute atomic E-state index is 0.0438. The predicted octanol–water partition coefficient (Wildman–Crippen LogP) is 2.68. The van der Waals surface area contributed by atoms with Crippen LogP contribution in [0, 0.1) is 6.92 Å². The molecule has 2 aromatic rings. The Labute approximate surface area is 120 Å². The third-order valence-electron chi connectivity index (χ3n) is 2.78. The Morgan fingerprint density at radius 3 is 2.95 bits per heavy atom. The number of rotatable bonds is 5. The number of aromatic nitrogens is 1. The summed E-state index contributed by atoms with van der Waals surface area (Å²) in [5, 5.41) is 14.8. The van der Waals surface area contributed by atoms with Crippen LogP contribution in [-0.2, 0) is 0 Å². The summed E-state index contributed by atoms with van der Waals surface area (Å²) in [7, 11) is 0. The van der Waals surface area contributed by atoms with Crippen LogP contribution in [0.1, 0.15) is 28.7 Å². The Kier molecular flexibility index (Phi) is 4.68. The van der Waals surface area contributed by atoms with Gasteiger partial charge in [-0.05, 0) is 24.8 Å². The van der Waals surface area contributed by atoms with E-state index >= 15 is 0 Å². The second-order valence-electron chi connectivity index (χ2n) is 4.17. The van der Waals surface area contributed by atoms with Crippen molar-refractivity contribution in [2.75, 3.05) is 6.61 Å². The molecular formula is C13H16N2O2S2. The topological polar surface area (TPSA) is 62.2 Å². The van der Waals surface area contributed by atoms with Gasteiger partial charge >= 0.3 is 0 Å². The van der Waals surface area contributed by atoms with E-state index in [0.717, 1.165) is 15.6 Å². The smallest absolute Gasteiger partial charge is 0.263 e. The minimum Gasteiger partial charge on any atom is -0.394 e. The van der Waals surface area contributed by atoms with E-state index in [1.807, 2.05) is 31.4 Å². The molecule has 6 heteroatoms. The Morgan fingerprint density at radius 2 is 2.37 bits per heavy atom. The zero-order valence-electron chi connectivity index (χ0n) is 10.8. The fourth-order valence-corrected chi connectivity index (χ4v) is 3.41. The van der Waals surface area contributed by atoms with Crippen molar-refractivity contribution < 1.29 is 9.90 Å². The molecule has 0 aliphatic rings. The van der Waals surface area contributed by atoms with Gasteiger partial charge in [0.1, 0.15) is 9.88 Å². The number of hydrogen-bond acceptors (Lipinski definition) is 5. The first-order chi connectivity index (χ1) is 9.15. The molecule has 0 unspecified atom stereocenters. The summed E-state index contributed by atoms with van der Waals surface area (Å²) in [5.74, 6) is -0.154. The monoisotopic (exact) mass is 296 g/mol. The van der Waals surface area contributed by atoms with Crippen LogP contribution >= 0.6 is 22.7 Å². The van der Waals surface area contributed by atoms with E-state index in [2.05, 4.69) is 10.3 Å². The zero-order chi connectivity index (χ0) is 13.8. The Balaban J connectivity index is 2.19. The number of carbonyl (C=O) groups excluding carboxylic acids is 1. The summed E-state index contributed by atoms with van der Waals surface area (Å²) >= 11 is 3.00. The summed E-state index contributed by atoms with van der Waals surface area (Å²) in [5.41, 5.74) is 0.735. The zero-order valence-corrected chi connectivity index (χ0v) is 12.5. The molecule has 1 atom stereocenters. The molecule has 2 rings (SSSR count). The maximum atomic E-state index is 12.1. The molecule has 4 nitrogen and oxygen atoms in total. The lowest BCUT2D eigenvalue weighted by molar-refractivity contribution is 0.0918. The van der Waals surface area contributed by atoms with Gasteiger partial charge in [-0.15, -0.1) is 22.7 Å². The lowest BCUT2D eigenvalue weighted by Crippen LogP contribution is -2.36. The molecule has 0 radical (unpaired) electrons. The van der Waals surface area contributed by atoms with Gasteiger partial charge in [-0.1, -0.05) is 13.0 Å². The maximum absolute atomic E-state index is 12.1. The fraction of sp³-hybridized carbons (Fsp3) is 0.385. The second kappa shape index (κ2) is 6.27. The van der Waals surface area contributed by atoms with Gasteiger partial charge in [0.25, 0.3) is 5.91 Å². The van der Waals surface area contributed by atoms with Crippen LogP contribution in [-0.4, -0.2) is 28.6 Å². The fourth-order valence-electron chi connectivity index (χ4n) is 1.64. The summed E-state index contributed by atoms with van der Waals surface area (Å²) in [4.78, 5) is 18.3. The number of thiazole rings is 1. The number of carbonyl (C=O) groups is 1. The normalized spacial score (nSPS) is 12.4. The van der Waals surface area contributed by atoms with Crippen molar-refractivity contribution in [1.82, 2.24) is 10.3 Å². The van der Waals surface area contributed by atoms with Gasteiger partial charge in [-0.2, -0.15) is 0 Å². The quantitative estimate of drug-likeness (QED) is 0.891. The SMILES string of the molecule is CC[C@@H](CO)NC(=O)c1sc(-c2cccs2)nc1C. The number of nitrogens with zero attached hydrogens (tertiary/aromatic N) is 1. The highest BCUT2D eigenvalue weighted by molar-refractivity contribution is 7.22. The van der Waals surface area contributed by atoms with E-state index in [0.29, 0.717) is 11.3 Å². The molecule has 2 aromatic heterocycles.